The first-order valence-electron chi connectivity index (χ1n) is 7.88. The predicted molar refractivity (Wildman–Crippen MR) is 94.7 cm³/mol. The summed E-state index contributed by atoms with van der Waals surface area (Å²) in [6, 6.07) is 9.97. The number of aryl methyl sites for hydroxylation is 2. The van der Waals surface area contributed by atoms with Crippen LogP contribution >= 0.6 is 11.3 Å². The number of thiazole rings is 1. The molecule has 2 N–H and O–H groups in total. The van der Waals surface area contributed by atoms with E-state index in [-0.39, 0.29) is 5.54 Å². The van der Waals surface area contributed by atoms with Gasteiger partial charge in [0, 0.05) is 11.4 Å². The van der Waals surface area contributed by atoms with Crippen LogP contribution in [0.25, 0.3) is 0 Å². The van der Waals surface area contributed by atoms with Gasteiger partial charge in [-0.25, -0.2) is 4.98 Å². The lowest BCUT2D eigenvalue weighted by Gasteiger charge is -2.25. The minimum Gasteiger partial charge on any atom is -0.389 e. The number of nitrogens with one attached hydrogen (secondary N) is 1. The van der Waals surface area contributed by atoms with Crippen molar-refractivity contribution in [3.8, 4) is 0 Å². The van der Waals surface area contributed by atoms with Crippen LogP contribution in [0.2, 0.25) is 0 Å². The summed E-state index contributed by atoms with van der Waals surface area (Å²) in [7, 11) is 0. The van der Waals surface area contributed by atoms with Crippen molar-refractivity contribution in [3.63, 3.8) is 0 Å². The Morgan fingerprint density at radius 3 is 2.57 bits per heavy atom. The normalized spacial score (nSPS) is 13.3. The van der Waals surface area contributed by atoms with E-state index < -0.39 is 6.10 Å². The molecule has 1 atom stereocenters. The molecule has 2 rings (SSSR count). The molecule has 0 saturated carbocycles. The van der Waals surface area contributed by atoms with Crippen LogP contribution in [0.3, 0.4) is 0 Å². The van der Waals surface area contributed by atoms with Crippen LogP contribution < -0.4 is 5.32 Å². The molecule has 0 saturated heterocycles. The summed E-state index contributed by atoms with van der Waals surface area (Å²) in [6.07, 6.45) is -0.542. The molecule has 0 radical (unpaired) electrons. The van der Waals surface area contributed by atoms with Gasteiger partial charge in [0.2, 0.25) is 0 Å². The number of aliphatic hydroxyl groups is 1. The third kappa shape index (κ3) is 5.39. The first-order valence-corrected chi connectivity index (χ1v) is 8.69. The van der Waals surface area contributed by atoms with Crippen LogP contribution in [0, 0.1) is 13.8 Å². The second-order valence-corrected chi connectivity index (χ2v) is 7.52. The van der Waals surface area contributed by atoms with E-state index in [1.165, 1.54) is 4.88 Å². The first kappa shape index (κ1) is 18.1. The van der Waals surface area contributed by atoms with E-state index >= 15 is 0 Å². The number of hydrogen-bond acceptors (Lipinski definition) is 5. The van der Waals surface area contributed by atoms with Gasteiger partial charge in [0.1, 0.15) is 5.01 Å². The summed E-state index contributed by atoms with van der Waals surface area (Å²) in [4.78, 5) is 5.84. The maximum atomic E-state index is 10.1. The number of hydrogen-bond donors (Lipinski definition) is 2. The smallest absolute Gasteiger partial charge is 0.113 e. The Labute approximate surface area is 142 Å². The summed E-state index contributed by atoms with van der Waals surface area (Å²) in [5, 5.41) is 14.5. The fourth-order valence-corrected chi connectivity index (χ4v) is 3.13. The van der Waals surface area contributed by atoms with Crippen molar-refractivity contribution in [2.45, 2.75) is 45.9 Å². The molecule has 1 heterocycles. The van der Waals surface area contributed by atoms with E-state index in [1.54, 1.807) is 11.3 Å². The molecular formula is C18H26N2O2S. The van der Waals surface area contributed by atoms with Crippen LogP contribution in [0.15, 0.2) is 30.3 Å². The number of nitrogens with zero attached hydrogens (tertiary/aromatic N) is 1. The molecule has 23 heavy (non-hydrogen) atoms. The molecule has 0 aliphatic rings. The Kier molecular flexibility index (Phi) is 6.30. The topological polar surface area (TPSA) is 54.4 Å². The highest BCUT2D eigenvalue weighted by Crippen LogP contribution is 2.27. The van der Waals surface area contributed by atoms with Gasteiger partial charge in [0.05, 0.1) is 30.6 Å². The maximum absolute atomic E-state index is 10.1. The van der Waals surface area contributed by atoms with Crippen LogP contribution in [0.1, 0.15) is 35.0 Å². The standard InChI is InChI=1S/C18H26N2O2S/c1-13-14(2)23-17(20-13)18(3,4)19-10-16(21)12-22-11-15-8-6-5-7-9-15/h5-9,16,19,21H,10-12H2,1-4H3. The Bertz CT molecular complexity index is 591. The summed E-state index contributed by atoms with van der Waals surface area (Å²) in [5.74, 6) is 0. The van der Waals surface area contributed by atoms with E-state index in [2.05, 4.69) is 31.1 Å². The lowest BCUT2D eigenvalue weighted by molar-refractivity contribution is 0.0256. The Balaban J connectivity index is 1.75. The molecule has 0 aliphatic carbocycles. The molecule has 0 amide bonds. The fraction of sp³-hybridized carbons (Fsp3) is 0.500. The van der Waals surface area contributed by atoms with Gasteiger partial charge in [-0.3, -0.25) is 0 Å². The minimum atomic E-state index is -0.542. The average molecular weight is 334 g/mol. The first-order chi connectivity index (χ1) is 10.9. The van der Waals surface area contributed by atoms with Crippen molar-refractivity contribution in [1.29, 1.82) is 0 Å². The molecule has 2 aromatic rings. The van der Waals surface area contributed by atoms with Gasteiger partial charge in [-0.15, -0.1) is 11.3 Å². The Morgan fingerprint density at radius 1 is 1.26 bits per heavy atom. The highest BCUT2D eigenvalue weighted by Gasteiger charge is 2.25. The number of aliphatic hydroxyl groups excluding tert-OH is 1. The van der Waals surface area contributed by atoms with E-state index in [9.17, 15) is 5.11 Å². The number of ether oxygens (including phenoxy) is 1. The number of rotatable bonds is 8. The molecule has 0 fully saturated rings. The van der Waals surface area contributed by atoms with E-state index in [0.717, 1.165) is 16.3 Å². The summed E-state index contributed by atoms with van der Waals surface area (Å²) in [6.45, 7) is 9.58. The molecule has 0 aliphatic heterocycles. The minimum absolute atomic E-state index is 0.260. The van der Waals surface area contributed by atoms with Gasteiger partial charge in [0.15, 0.2) is 0 Å². The van der Waals surface area contributed by atoms with E-state index in [1.807, 2.05) is 37.3 Å². The second kappa shape index (κ2) is 8.02. The van der Waals surface area contributed by atoms with Gasteiger partial charge >= 0.3 is 0 Å². The van der Waals surface area contributed by atoms with Gasteiger partial charge in [-0.05, 0) is 33.3 Å². The van der Waals surface area contributed by atoms with Gasteiger partial charge in [-0.1, -0.05) is 30.3 Å². The van der Waals surface area contributed by atoms with Crippen molar-refractivity contribution in [2.24, 2.45) is 0 Å². The number of benzene rings is 1. The van der Waals surface area contributed by atoms with Gasteiger partial charge in [-0.2, -0.15) is 0 Å². The molecule has 1 aromatic heterocycles. The zero-order valence-corrected chi connectivity index (χ0v) is 15.1. The average Bonchev–Trinajstić information content (AvgIpc) is 2.87. The highest BCUT2D eigenvalue weighted by molar-refractivity contribution is 7.11. The second-order valence-electron chi connectivity index (χ2n) is 6.32. The molecule has 5 heteroatoms. The molecule has 126 valence electrons. The van der Waals surface area contributed by atoms with Crippen molar-refractivity contribution in [2.75, 3.05) is 13.2 Å². The van der Waals surface area contributed by atoms with Crippen LogP contribution in [-0.2, 0) is 16.9 Å². The molecular weight excluding hydrogens is 308 g/mol. The summed E-state index contributed by atoms with van der Waals surface area (Å²) in [5.41, 5.74) is 1.93. The summed E-state index contributed by atoms with van der Waals surface area (Å²) < 4.78 is 5.57. The quantitative estimate of drug-likeness (QED) is 0.778. The zero-order valence-electron chi connectivity index (χ0n) is 14.3. The van der Waals surface area contributed by atoms with Gasteiger partial charge < -0.3 is 15.2 Å². The van der Waals surface area contributed by atoms with Crippen molar-refractivity contribution < 1.29 is 9.84 Å². The fourth-order valence-electron chi connectivity index (χ4n) is 2.13. The molecule has 0 spiro atoms. The SMILES string of the molecule is Cc1nc(C(C)(C)NCC(O)COCc2ccccc2)sc1C. The molecule has 0 bridgehead atoms. The van der Waals surface area contributed by atoms with Gasteiger partial charge in [0.25, 0.3) is 0 Å². The summed E-state index contributed by atoms with van der Waals surface area (Å²) >= 11 is 1.70. The maximum Gasteiger partial charge on any atom is 0.113 e. The highest BCUT2D eigenvalue weighted by atomic mass is 32.1. The lowest BCUT2D eigenvalue weighted by atomic mass is 10.1. The zero-order chi connectivity index (χ0) is 16.9. The largest absolute Gasteiger partial charge is 0.389 e. The number of aromatic nitrogens is 1. The predicted octanol–water partition coefficient (Wildman–Crippen LogP) is 3.16. The molecule has 1 aromatic carbocycles. The van der Waals surface area contributed by atoms with E-state index in [0.29, 0.717) is 19.8 Å². The van der Waals surface area contributed by atoms with Crippen LogP contribution in [0.4, 0.5) is 0 Å². The molecule has 1 unspecified atom stereocenters. The van der Waals surface area contributed by atoms with Crippen LogP contribution in [0.5, 0.6) is 0 Å². The van der Waals surface area contributed by atoms with Crippen molar-refractivity contribution in [3.05, 3.63) is 51.5 Å². The Hall–Kier alpha value is -1.27. The lowest BCUT2D eigenvalue weighted by Crippen LogP contribution is -2.42. The Morgan fingerprint density at radius 2 is 1.96 bits per heavy atom. The van der Waals surface area contributed by atoms with Crippen LogP contribution in [-0.4, -0.2) is 29.3 Å². The van der Waals surface area contributed by atoms with E-state index in [4.69, 9.17) is 4.74 Å². The molecule has 4 nitrogen and oxygen atoms in total. The van der Waals surface area contributed by atoms with Crippen molar-refractivity contribution >= 4 is 11.3 Å². The monoisotopic (exact) mass is 334 g/mol. The third-order valence-electron chi connectivity index (χ3n) is 3.76. The third-order valence-corrected chi connectivity index (χ3v) is 5.16. The van der Waals surface area contributed by atoms with Crippen molar-refractivity contribution in [1.82, 2.24) is 10.3 Å².